The molecule has 0 amide bonds. The second-order valence-electron chi connectivity index (χ2n) is 5.59. The Labute approximate surface area is 139 Å². The highest BCUT2D eigenvalue weighted by Crippen LogP contribution is 2.41. The van der Waals surface area contributed by atoms with Crippen molar-refractivity contribution in [3.05, 3.63) is 39.7 Å². The molecule has 2 heterocycles. The van der Waals surface area contributed by atoms with E-state index in [1.54, 1.807) is 18.3 Å². The fraction of sp³-hybridized carbons (Fsp3) is 0.353. The first-order valence-electron chi connectivity index (χ1n) is 7.29. The minimum Gasteiger partial charge on any atom is -0.487 e. The fourth-order valence-corrected chi connectivity index (χ4v) is 4.09. The lowest BCUT2D eigenvalue weighted by molar-refractivity contribution is -0.116. The monoisotopic (exact) mass is 335 g/mol. The number of thiophene rings is 1. The van der Waals surface area contributed by atoms with Gasteiger partial charge in [0.15, 0.2) is 0 Å². The van der Waals surface area contributed by atoms with Gasteiger partial charge in [0, 0.05) is 34.7 Å². The number of fused-ring (bicyclic) bond motifs is 1. The number of rotatable bonds is 5. The van der Waals surface area contributed by atoms with Gasteiger partial charge in [-0.2, -0.15) is 0 Å². The first-order chi connectivity index (χ1) is 10.6. The summed E-state index contributed by atoms with van der Waals surface area (Å²) in [7, 11) is 1.92. The van der Waals surface area contributed by atoms with Crippen LogP contribution in [0.2, 0.25) is 5.02 Å². The van der Waals surface area contributed by atoms with Gasteiger partial charge >= 0.3 is 0 Å². The lowest BCUT2D eigenvalue weighted by Gasteiger charge is -2.09. The number of hydrogen-bond acceptors (Lipinski definition) is 4. The Kier molecular flexibility index (Phi) is 4.52. The second kappa shape index (κ2) is 6.41. The molecule has 116 valence electrons. The smallest absolute Gasteiger partial charge is 0.141 e. The Balaban J connectivity index is 1.88. The molecule has 1 atom stereocenters. The number of carbonyl (C=O) groups is 1. The highest BCUT2D eigenvalue weighted by molar-refractivity contribution is 7.15. The van der Waals surface area contributed by atoms with Gasteiger partial charge in [0.1, 0.15) is 17.6 Å². The number of halogens is 1. The maximum Gasteiger partial charge on any atom is 0.141 e. The number of benzene rings is 1. The lowest BCUT2D eigenvalue weighted by atomic mass is 10.1. The molecule has 1 aromatic carbocycles. The predicted octanol–water partition coefficient (Wildman–Crippen LogP) is 3.72. The van der Waals surface area contributed by atoms with Crippen molar-refractivity contribution >= 4 is 28.7 Å². The van der Waals surface area contributed by atoms with Crippen LogP contribution in [0.15, 0.2) is 24.3 Å². The zero-order valence-corrected chi connectivity index (χ0v) is 14.2. The molecule has 22 heavy (non-hydrogen) atoms. The van der Waals surface area contributed by atoms with Crippen molar-refractivity contribution in [3.63, 3.8) is 0 Å². The van der Waals surface area contributed by atoms with E-state index < -0.39 is 0 Å². The van der Waals surface area contributed by atoms with Crippen LogP contribution in [0.3, 0.4) is 0 Å². The Morgan fingerprint density at radius 2 is 2.27 bits per heavy atom. The summed E-state index contributed by atoms with van der Waals surface area (Å²) in [5, 5.41) is 3.79. The standard InChI is InChI=1S/C17H18ClNO2S/c1-10(20)5-14-3-4-16(22-14)11-6-12-7-13(9-19-2)21-17(12)15(18)8-11/h3-4,6,8,13,19H,5,7,9H2,1-2H3. The fourth-order valence-electron chi connectivity index (χ4n) is 2.74. The molecule has 1 aliphatic rings. The largest absolute Gasteiger partial charge is 0.487 e. The molecule has 0 saturated heterocycles. The summed E-state index contributed by atoms with van der Waals surface area (Å²) in [5.41, 5.74) is 2.25. The van der Waals surface area contributed by atoms with Crippen LogP contribution in [-0.2, 0) is 17.6 Å². The number of ketones is 1. The van der Waals surface area contributed by atoms with Crippen LogP contribution in [0.1, 0.15) is 17.4 Å². The van der Waals surface area contributed by atoms with Crippen molar-refractivity contribution in [1.29, 1.82) is 0 Å². The van der Waals surface area contributed by atoms with Gasteiger partial charge in [0.25, 0.3) is 0 Å². The van der Waals surface area contributed by atoms with Gasteiger partial charge in [0.2, 0.25) is 0 Å². The summed E-state index contributed by atoms with van der Waals surface area (Å²) < 4.78 is 5.89. The molecule has 0 radical (unpaired) electrons. The van der Waals surface area contributed by atoms with Crippen LogP contribution in [0.5, 0.6) is 5.75 Å². The molecular formula is C17H18ClNO2S. The Morgan fingerprint density at radius 3 is 3.00 bits per heavy atom. The number of carbonyl (C=O) groups excluding carboxylic acids is 1. The summed E-state index contributed by atoms with van der Waals surface area (Å²) in [4.78, 5) is 13.5. The first-order valence-corrected chi connectivity index (χ1v) is 8.48. The molecule has 2 aromatic rings. The van der Waals surface area contributed by atoms with Crippen molar-refractivity contribution in [2.24, 2.45) is 0 Å². The zero-order chi connectivity index (χ0) is 15.7. The SMILES string of the molecule is CNCC1Cc2cc(-c3ccc(CC(C)=O)s3)cc(Cl)c2O1. The summed E-state index contributed by atoms with van der Waals surface area (Å²) in [6, 6.07) is 8.18. The maximum atomic E-state index is 11.2. The highest BCUT2D eigenvalue weighted by atomic mass is 35.5. The summed E-state index contributed by atoms with van der Waals surface area (Å²) >= 11 is 8.03. The van der Waals surface area contributed by atoms with Gasteiger partial charge in [-0.25, -0.2) is 0 Å². The zero-order valence-electron chi connectivity index (χ0n) is 12.6. The van der Waals surface area contributed by atoms with Gasteiger partial charge in [-0.15, -0.1) is 11.3 Å². The Hall–Kier alpha value is -1.36. The van der Waals surface area contributed by atoms with Crippen molar-refractivity contribution < 1.29 is 9.53 Å². The van der Waals surface area contributed by atoms with Crippen molar-refractivity contribution in [3.8, 4) is 16.2 Å². The van der Waals surface area contributed by atoms with E-state index in [4.69, 9.17) is 16.3 Å². The van der Waals surface area contributed by atoms with Crippen molar-refractivity contribution in [2.75, 3.05) is 13.6 Å². The molecule has 1 N–H and O–H groups in total. The molecule has 0 aliphatic carbocycles. The average Bonchev–Trinajstić information content (AvgIpc) is 3.05. The molecule has 0 bridgehead atoms. The van der Waals surface area contributed by atoms with Crippen molar-refractivity contribution in [2.45, 2.75) is 25.9 Å². The maximum absolute atomic E-state index is 11.2. The molecule has 3 nitrogen and oxygen atoms in total. The van der Waals surface area contributed by atoms with Gasteiger partial charge < -0.3 is 10.1 Å². The highest BCUT2D eigenvalue weighted by Gasteiger charge is 2.25. The Bertz CT molecular complexity index is 711. The molecule has 0 fully saturated rings. The topological polar surface area (TPSA) is 38.3 Å². The van der Waals surface area contributed by atoms with E-state index in [1.807, 2.05) is 19.2 Å². The molecular weight excluding hydrogens is 318 g/mol. The van der Waals surface area contributed by atoms with Crippen LogP contribution >= 0.6 is 22.9 Å². The molecule has 0 spiro atoms. The molecule has 5 heteroatoms. The first kappa shape index (κ1) is 15.5. The quantitative estimate of drug-likeness (QED) is 0.905. The predicted molar refractivity (Wildman–Crippen MR) is 91.2 cm³/mol. The third-order valence-corrected chi connectivity index (χ3v) is 5.07. The normalized spacial score (nSPS) is 16.4. The number of likely N-dealkylation sites (N-methyl/N-ethyl adjacent to an activating group) is 1. The van der Waals surface area contributed by atoms with E-state index in [2.05, 4.69) is 17.4 Å². The minimum atomic E-state index is 0.143. The summed E-state index contributed by atoms with van der Waals surface area (Å²) in [6.45, 7) is 2.42. The summed E-state index contributed by atoms with van der Waals surface area (Å²) in [6.07, 6.45) is 1.51. The second-order valence-corrected chi connectivity index (χ2v) is 7.17. The molecule has 1 aromatic heterocycles. The number of Topliss-reactive ketones (excluding diaryl/α,β-unsaturated/α-hetero) is 1. The van der Waals surface area contributed by atoms with Crippen LogP contribution in [-0.4, -0.2) is 25.5 Å². The van der Waals surface area contributed by atoms with Crippen LogP contribution in [0.4, 0.5) is 0 Å². The van der Waals surface area contributed by atoms with E-state index >= 15 is 0 Å². The van der Waals surface area contributed by atoms with Gasteiger partial charge in [-0.1, -0.05) is 11.6 Å². The number of ether oxygens (including phenoxy) is 1. The van der Waals surface area contributed by atoms with Gasteiger partial charge in [-0.3, -0.25) is 4.79 Å². The van der Waals surface area contributed by atoms with E-state index in [9.17, 15) is 4.79 Å². The third kappa shape index (κ3) is 3.19. The van der Waals surface area contributed by atoms with E-state index in [0.29, 0.717) is 11.4 Å². The molecule has 1 aliphatic heterocycles. The molecule has 3 rings (SSSR count). The van der Waals surface area contributed by atoms with Crippen LogP contribution in [0.25, 0.3) is 10.4 Å². The van der Waals surface area contributed by atoms with Gasteiger partial charge in [-0.05, 0) is 43.8 Å². The number of nitrogens with one attached hydrogen (secondary N) is 1. The third-order valence-electron chi connectivity index (χ3n) is 3.65. The average molecular weight is 336 g/mol. The van der Waals surface area contributed by atoms with Gasteiger partial charge in [0.05, 0.1) is 5.02 Å². The van der Waals surface area contributed by atoms with E-state index in [0.717, 1.165) is 39.6 Å². The van der Waals surface area contributed by atoms with Crippen LogP contribution in [0, 0.1) is 0 Å². The van der Waals surface area contributed by atoms with Crippen molar-refractivity contribution in [1.82, 2.24) is 5.32 Å². The molecule has 0 saturated carbocycles. The lowest BCUT2D eigenvalue weighted by Crippen LogP contribution is -2.27. The number of hydrogen-bond donors (Lipinski definition) is 1. The van der Waals surface area contributed by atoms with E-state index in [1.165, 1.54) is 0 Å². The Morgan fingerprint density at radius 1 is 1.45 bits per heavy atom. The minimum absolute atomic E-state index is 0.143. The van der Waals surface area contributed by atoms with E-state index in [-0.39, 0.29) is 11.9 Å². The van der Waals surface area contributed by atoms with Crippen LogP contribution < -0.4 is 10.1 Å². The molecule has 1 unspecified atom stereocenters. The summed E-state index contributed by atoms with van der Waals surface area (Å²) in [5.74, 6) is 0.995.